The van der Waals surface area contributed by atoms with E-state index in [1.54, 1.807) is 24.3 Å². The standard InChI is InChI=1S/C19H15ClFNO3/c20-17-7-3-13(19(23)24)9-16(17)18-8-6-15(25-18)11-22-10-12-1-4-14(21)5-2-12/h1-9,22H,10-11H2,(H,23,24). The average Bonchev–Trinajstić information content (AvgIpc) is 3.05. The van der Waals surface area contributed by atoms with Crippen molar-refractivity contribution < 1.29 is 18.7 Å². The maximum Gasteiger partial charge on any atom is 0.335 e. The third-order valence-corrected chi connectivity index (χ3v) is 4.01. The van der Waals surface area contributed by atoms with E-state index in [0.29, 0.717) is 35.2 Å². The van der Waals surface area contributed by atoms with Crippen molar-refractivity contribution in [2.45, 2.75) is 13.1 Å². The van der Waals surface area contributed by atoms with Gasteiger partial charge < -0.3 is 14.8 Å². The summed E-state index contributed by atoms with van der Waals surface area (Å²) < 4.78 is 18.6. The highest BCUT2D eigenvalue weighted by molar-refractivity contribution is 6.33. The molecule has 0 bridgehead atoms. The number of nitrogens with one attached hydrogen (secondary N) is 1. The highest BCUT2D eigenvalue weighted by Crippen LogP contribution is 2.30. The molecule has 0 radical (unpaired) electrons. The molecule has 0 aliphatic rings. The van der Waals surface area contributed by atoms with E-state index in [1.165, 1.54) is 30.3 Å². The SMILES string of the molecule is O=C(O)c1ccc(Cl)c(-c2ccc(CNCc3ccc(F)cc3)o2)c1. The minimum absolute atomic E-state index is 0.145. The summed E-state index contributed by atoms with van der Waals surface area (Å²) in [7, 11) is 0. The number of benzene rings is 2. The van der Waals surface area contributed by atoms with Crippen LogP contribution in [0.5, 0.6) is 0 Å². The highest BCUT2D eigenvalue weighted by Gasteiger charge is 2.12. The van der Waals surface area contributed by atoms with Gasteiger partial charge in [0.25, 0.3) is 0 Å². The summed E-state index contributed by atoms with van der Waals surface area (Å²) in [6.07, 6.45) is 0. The second-order valence-electron chi connectivity index (χ2n) is 5.50. The molecule has 128 valence electrons. The van der Waals surface area contributed by atoms with Crippen LogP contribution in [0, 0.1) is 5.82 Å². The number of furan rings is 1. The number of hydrogen-bond donors (Lipinski definition) is 2. The van der Waals surface area contributed by atoms with E-state index in [-0.39, 0.29) is 11.4 Å². The minimum Gasteiger partial charge on any atom is -0.478 e. The zero-order valence-electron chi connectivity index (χ0n) is 13.1. The van der Waals surface area contributed by atoms with Crippen molar-refractivity contribution in [1.82, 2.24) is 5.32 Å². The lowest BCUT2D eigenvalue weighted by Crippen LogP contribution is -2.11. The lowest BCUT2D eigenvalue weighted by molar-refractivity contribution is 0.0697. The van der Waals surface area contributed by atoms with Gasteiger partial charge in [-0.1, -0.05) is 23.7 Å². The summed E-state index contributed by atoms with van der Waals surface area (Å²) in [4.78, 5) is 11.1. The Morgan fingerprint density at radius 2 is 1.84 bits per heavy atom. The van der Waals surface area contributed by atoms with Crippen LogP contribution in [0.4, 0.5) is 4.39 Å². The Kier molecular flexibility index (Phi) is 5.16. The van der Waals surface area contributed by atoms with E-state index in [4.69, 9.17) is 21.1 Å². The predicted octanol–water partition coefficient (Wildman–Crippen LogP) is 4.73. The largest absolute Gasteiger partial charge is 0.478 e. The molecule has 3 rings (SSSR count). The minimum atomic E-state index is -1.02. The molecule has 0 aliphatic carbocycles. The second-order valence-corrected chi connectivity index (χ2v) is 5.90. The van der Waals surface area contributed by atoms with Crippen molar-refractivity contribution in [3.63, 3.8) is 0 Å². The smallest absolute Gasteiger partial charge is 0.335 e. The van der Waals surface area contributed by atoms with Crippen LogP contribution < -0.4 is 5.32 Å². The lowest BCUT2D eigenvalue weighted by atomic mass is 10.1. The van der Waals surface area contributed by atoms with Crippen LogP contribution in [0.3, 0.4) is 0 Å². The molecule has 25 heavy (non-hydrogen) atoms. The number of hydrogen-bond acceptors (Lipinski definition) is 3. The molecule has 2 N–H and O–H groups in total. The van der Waals surface area contributed by atoms with Crippen LogP contribution in [0.1, 0.15) is 21.7 Å². The number of halogens is 2. The van der Waals surface area contributed by atoms with Crippen molar-refractivity contribution in [1.29, 1.82) is 0 Å². The molecular formula is C19H15ClFNO3. The maximum absolute atomic E-state index is 12.9. The van der Waals surface area contributed by atoms with E-state index in [1.807, 2.05) is 0 Å². The molecule has 0 saturated heterocycles. The van der Waals surface area contributed by atoms with E-state index in [9.17, 15) is 9.18 Å². The van der Waals surface area contributed by atoms with Gasteiger partial charge in [0.2, 0.25) is 0 Å². The molecule has 1 heterocycles. The van der Waals surface area contributed by atoms with Gasteiger partial charge in [-0.15, -0.1) is 0 Å². The van der Waals surface area contributed by atoms with Crippen molar-refractivity contribution in [2.75, 3.05) is 0 Å². The summed E-state index contributed by atoms with van der Waals surface area (Å²) in [6.45, 7) is 1.05. The second kappa shape index (κ2) is 7.51. The highest BCUT2D eigenvalue weighted by atomic mass is 35.5. The maximum atomic E-state index is 12.9. The summed E-state index contributed by atoms with van der Waals surface area (Å²) in [6, 6.07) is 14.3. The van der Waals surface area contributed by atoms with Gasteiger partial charge >= 0.3 is 5.97 Å². The molecule has 6 heteroatoms. The van der Waals surface area contributed by atoms with Crippen molar-refractivity contribution >= 4 is 17.6 Å². The van der Waals surface area contributed by atoms with Crippen molar-refractivity contribution in [3.05, 3.63) is 82.3 Å². The monoisotopic (exact) mass is 359 g/mol. The number of aromatic carboxylic acids is 1. The van der Waals surface area contributed by atoms with Gasteiger partial charge in [0.05, 0.1) is 17.1 Å². The first-order valence-corrected chi connectivity index (χ1v) is 7.98. The number of rotatable bonds is 6. The first-order valence-electron chi connectivity index (χ1n) is 7.60. The normalized spacial score (nSPS) is 10.8. The van der Waals surface area contributed by atoms with Crippen LogP contribution >= 0.6 is 11.6 Å². The molecule has 0 unspecified atom stereocenters. The van der Waals surface area contributed by atoms with E-state index in [2.05, 4.69) is 5.32 Å². The fraction of sp³-hybridized carbons (Fsp3) is 0.105. The average molecular weight is 360 g/mol. The molecule has 2 aromatic carbocycles. The molecular weight excluding hydrogens is 345 g/mol. The van der Waals surface area contributed by atoms with Gasteiger partial charge in [-0.05, 0) is 48.0 Å². The fourth-order valence-electron chi connectivity index (χ4n) is 2.40. The molecule has 3 aromatic rings. The van der Waals surface area contributed by atoms with Crippen LogP contribution in [0.2, 0.25) is 5.02 Å². The molecule has 0 fully saturated rings. The van der Waals surface area contributed by atoms with Gasteiger partial charge in [-0.3, -0.25) is 0 Å². The first-order chi connectivity index (χ1) is 12.0. The van der Waals surface area contributed by atoms with Crippen LogP contribution in [0.15, 0.2) is 59.0 Å². The summed E-state index contributed by atoms with van der Waals surface area (Å²) >= 11 is 6.14. The molecule has 0 aliphatic heterocycles. The number of carboxylic acids is 1. The van der Waals surface area contributed by atoms with E-state index >= 15 is 0 Å². The van der Waals surface area contributed by atoms with Gasteiger partial charge in [-0.2, -0.15) is 0 Å². The molecule has 1 aromatic heterocycles. The molecule has 0 amide bonds. The quantitative estimate of drug-likeness (QED) is 0.668. The van der Waals surface area contributed by atoms with Gasteiger partial charge in [0.1, 0.15) is 17.3 Å². The fourth-order valence-corrected chi connectivity index (χ4v) is 2.61. The Morgan fingerprint density at radius 3 is 2.56 bits per heavy atom. The van der Waals surface area contributed by atoms with Crippen molar-refractivity contribution in [2.24, 2.45) is 0 Å². The van der Waals surface area contributed by atoms with Crippen LogP contribution in [-0.2, 0) is 13.1 Å². The zero-order chi connectivity index (χ0) is 17.8. The number of carbonyl (C=O) groups is 1. The summed E-state index contributed by atoms with van der Waals surface area (Å²) in [5.74, 6) is -0.0915. The lowest BCUT2D eigenvalue weighted by Gasteiger charge is -2.04. The molecule has 0 spiro atoms. The Balaban J connectivity index is 1.67. The summed E-state index contributed by atoms with van der Waals surface area (Å²) in [5.41, 5.74) is 1.64. The van der Waals surface area contributed by atoms with Gasteiger partial charge in [0.15, 0.2) is 0 Å². The van der Waals surface area contributed by atoms with E-state index < -0.39 is 5.97 Å². The van der Waals surface area contributed by atoms with Crippen LogP contribution in [0.25, 0.3) is 11.3 Å². The predicted molar refractivity (Wildman–Crippen MR) is 93.1 cm³/mol. The van der Waals surface area contributed by atoms with E-state index in [0.717, 1.165) is 5.56 Å². The Morgan fingerprint density at radius 1 is 1.08 bits per heavy atom. The van der Waals surface area contributed by atoms with Crippen LogP contribution in [-0.4, -0.2) is 11.1 Å². The zero-order valence-corrected chi connectivity index (χ0v) is 13.9. The molecule has 4 nitrogen and oxygen atoms in total. The molecule has 0 atom stereocenters. The Labute approximate surface area is 148 Å². The number of carboxylic acid groups (broad SMARTS) is 1. The Bertz CT molecular complexity index is 890. The first kappa shape index (κ1) is 17.2. The third kappa shape index (κ3) is 4.26. The topological polar surface area (TPSA) is 62.5 Å². The Hall–Kier alpha value is -2.63. The van der Waals surface area contributed by atoms with Gasteiger partial charge in [0, 0.05) is 12.1 Å². The summed E-state index contributed by atoms with van der Waals surface area (Å²) in [5, 5.41) is 12.7. The van der Waals surface area contributed by atoms with Crippen molar-refractivity contribution in [3.8, 4) is 11.3 Å². The third-order valence-electron chi connectivity index (χ3n) is 3.68. The van der Waals surface area contributed by atoms with Gasteiger partial charge in [-0.25, -0.2) is 9.18 Å². The molecule has 0 saturated carbocycles.